The molecule has 0 spiro atoms. The summed E-state index contributed by atoms with van der Waals surface area (Å²) in [6, 6.07) is 13.5. The number of hydrogen-bond acceptors (Lipinski definition) is 5. The van der Waals surface area contributed by atoms with Gasteiger partial charge in [0.25, 0.3) is 5.91 Å². The molecule has 4 rings (SSSR count). The van der Waals surface area contributed by atoms with E-state index in [0.29, 0.717) is 22.5 Å². The smallest absolute Gasteiger partial charge is 0.290 e. The van der Waals surface area contributed by atoms with E-state index < -0.39 is 5.91 Å². The number of carbonyl (C=O) groups excluding carboxylic acids is 1. The van der Waals surface area contributed by atoms with Crippen LogP contribution in [0.3, 0.4) is 0 Å². The normalized spacial score (nSPS) is 11.1. The Morgan fingerprint density at radius 2 is 1.86 bits per heavy atom. The lowest BCUT2D eigenvalue weighted by Gasteiger charge is -2.20. The van der Waals surface area contributed by atoms with Gasteiger partial charge in [0.15, 0.2) is 11.2 Å². The maximum absolute atomic E-state index is 13.2. The van der Waals surface area contributed by atoms with Crippen LogP contribution < -0.4 is 5.43 Å². The zero-order valence-corrected chi connectivity index (χ0v) is 16.6. The van der Waals surface area contributed by atoms with Crippen LogP contribution >= 0.6 is 15.9 Å². The molecule has 1 aromatic carbocycles. The van der Waals surface area contributed by atoms with Crippen LogP contribution in [-0.2, 0) is 13.1 Å². The molecule has 7 heteroatoms. The van der Waals surface area contributed by atoms with Gasteiger partial charge in [-0.3, -0.25) is 9.59 Å². The molecule has 0 N–H and O–H groups in total. The molecule has 0 saturated heterocycles. The van der Waals surface area contributed by atoms with E-state index in [1.165, 1.54) is 11.0 Å². The number of rotatable bonds is 5. The van der Waals surface area contributed by atoms with E-state index in [1.54, 1.807) is 36.6 Å². The van der Waals surface area contributed by atoms with Gasteiger partial charge < -0.3 is 18.2 Å². The second kappa shape index (κ2) is 7.52. The Morgan fingerprint density at radius 3 is 2.57 bits per heavy atom. The van der Waals surface area contributed by atoms with Gasteiger partial charge in [-0.05, 0) is 49.4 Å². The lowest BCUT2D eigenvalue weighted by molar-refractivity contribution is 0.0672. The molecular weight excluding hydrogens is 426 g/mol. The number of carbonyl (C=O) groups is 1. The van der Waals surface area contributed by atoms with Crippen LogP contribution in [0.1, 0.15) is 27.8 Å². The van der Waals surface area contributed by atoms with Crippen LogP contribution in [0.2, 0.25) is 0 Å². The van der Waals surface area contributed by atoms with Crippen molar-refractivity contribution in [3.8, 4) is 0 Å². The number of aryl methyl sites for hydroxylation is 1. The van der Waals surface area contributed by atoms with Crippen molar-refractivity contribution >= 4 is 32.8 Å². The van der Waals surface area contributed by atoms with Gasteiger partial charge in [0, 0.05) is 10.5 Å². The van der Waals surface area contributed by atoms with Gasteiger partial charge in [-0.25, -0.2) is 0 Å². The molecule has 142 valence electrons. The molecule has 0 radical (unpaired) electrons. The number of fused-ring (bicyclic) bond motifs is 1. The first-order valence-corrected chi connectivity index (χ1v) is 9.39. The highest BCUT2D eigenvalue weighted by molar-refractivity contribution is 9.10. The number of halogens is 1. The third-order valence-corrected chi connectivity index (χ3v) is 4.75. The number of nitrogens with zero attached hydrogens (tertiary/aromatic N) is 1. The molecular formula is C21H16BrNO5. The van der Waals surface area contributed by atoms with Crippen molar-refractivity contribution in [3.05, 3.63) is 92.5 Å². The fourth-order valence-corrected chi connectivity index (χ4v) is 3.28. The van der Waals surface area contributed by atoms with Crippen molar-refractivity contribution in [2.24, 2.45) is 0 Å². The molecule has 4 aromatic rings. The van der Waals surface area contributed by atoms with Gasteiger partial charge in [-0.1, -0.05) is 15.9 Å². The SMILES string of the molecule is Cc1ccc(CN(Cc2ccco2)C(=O)c2cc(=O)c3ccc(Br)cc3o2)o1. The van der Waals surface area contributed by atoms with Crippen LogP contribution in [-0.4, -0.2) is 10.8 Å². The summed E-state index contributed by atoms with van der Waals surface area (Å²) in [5.74, 6) is 1.53. The van der Waals surface area contributed by atoms with Gasteiger partial charge in [0.05, 0.1) is 24.7 Å². The Morgan fingerprint density at radius 1 is 1.04 bits per heavy atom. The molecule has 0 aliphatic heterocycles. The highest BCUT2D eigenvalue weighted by atomic mass is 79.9. The summed E-state index contributed by atoms with van der Waals surface area (Å²) in [4.78, 5) is 27.1. The second-order valence-corrected chi connectivity index (χ2v) is 7.28. The molecule has 1 amide bonds. The van der Waals surface area contributed by atoms with Crippen LogP contribution in [0.15, 0.2) is 77.3 Å². The minimum atomic E-state index is -0.426. The van der Waals surface area contributed by atoms with Gasteiger partial charge in [0.2, 0.25) is 0 Å². The molecule has 0 saturated carbocycles. The lowest BCUT2D eigenvalue weighted by atomic mass is 10.2. The Kier molecular flexibility index (Phi) is 4.92. The molecule has 0 atom stereocenters. The first-order valence-electron chi connectivity index (χ1n) is 8.60. The minimum absolute atomic E-state index is 0.0366. The van der Waals surface area contributed by atoms with E-state index in [-0.39, 0.29) is 24.3 Å². The van der Waals surface area contributed by atoms with Crippen molar-refractivity contribution in [3.63, 3.8) is 0 Å². The van der Waals surface area contributed by atoms with Crippen molar-refractivity contribution in [1.82, 2.24) is 4.90 Å². The number of hydrogen-bond donors (Lipinski definition) is 0. The van der Waals surface area contributed by atoms with Crippen molar-refractivity contribution < 1.29 is 18.0 Å². The summed E-state index contributed by atoms with van der Waals surface area (Å²) >= 11 is 3.35. The van der Waals surface area contributed by atoms with Crippen LogP contribution in [0.25, 0.3) is 11.0 Å². The monoisotopic (exact) mass is 441 g/mol. The molecule has 28 heavy (non-hydrogen) atoms. The molecule has 6 nitrogen and oxygen atoms in total. The van der Waals surface area contributed by atoms with Gasteiger partial charge >= 0.3 is 0 Å². The predicted molar refractivity (Wildman–Crippen MR) is 106 cm³/mol. The zero-order valence-electron chi connectivity index (χ0n) is 15.0. The van der Waals surface area contributed by atoms with Crippen LogP contribution in [0, 0.1) is 6.92 Å². The highest BCUT2D eigenvalue weighted by Crippen LogP contribution is 2.21. The van der Waals surface area contributed by atoms with E-state index in [9.17, 15) is 9.59 Å². The summed E-state index contributed by atoms with van der Waals surface area (Å²) in [7, 11) is 0. The van der Waals surface area contributed by atoms with Gasteiger partial charge in [-0.2, -0.15) is 0 Å². The quantitative estimate of drug-likeness (QED) is 0.440. The van der Waals surface area contributed by atoms with E-state index in [0.717, 1.165) is 10.2 Å². The fourth-order valence-electron chi connectivity index (χ4n) is 2.94. The average Bonchev–Trinajstić information content (AvgIpc) is 3.32. The Bertz CT molecular complexity index is 1190. The van der Waals surface area contributed by atoms with Crippen molar-refractivity contribution in [1.29, 1.82) is 0 Å². The molecule has 0 aliphatic rings. The maximum atomic E-state index is 13.2. The zero-order chi connectivity index (χ0) is 19.7. The standard InChI is InChI=1S/C21H16BrNO5/c1-13-4-6-16(27-13)12-23(11-15-3-2-8-26-15)21(25)20-10-18(24)17-7-5-14(22)9-19(17)28-20/h2-10H,11-12H2,1H3. The van der Waals surface area contributed by atoms with Crippen LogP contribution in [0.4, 0.5) is 0 Å². The molecule has 3 heterocycles. The summed E-state index contributed by atoms with van der Waals surface area (Å²) in [5, 5.41) is 0.416. The highest BCUT2D eigenvalue weighted by Gasteiger charge is 2.22. The molecule has 0 unspecified atom stereocenters. The first kappa shape index (κ1) is 18.3. The minimum Gasteiger partial charge on any atom is -0.467 e. The number of amides is 1. The van der Waals surface area contributed by atoms with Crippen molar-refractivity contribution in [2.75, 3.05) is 0 Å². The Labute approximate surface area is 168 Å². The van der Waals surface area contributed by atoms with E-state index in [2.05, 4.69) is 15.9 Å². The maximum Gasteiger partial charge on any atom is 0.290 e. The topological polar surface area (TPSA) is 76.8 Å². The third kappa shape index (κ3) is 3.80. The summed E-state index contributed by atoms with van der Waals surface area (Å²) < 4.78 is 17.5. The number of benzene rings is 1. The first-order chi connectivity index (χ1) is 13.5. The summed E-state index contributed by atoms with van der Waals surface area (Å²) in [6.07, 6.45) is 1.54. The van der Waals surface area contributed by atoms with Gasteiger partial charge in [-0.15, -0.1) is 0 Å². The van der Waals surface area contributed by atoms with Crippen LogP contribution in [0.5, 0.6) is 0 Å². The second-order valence-electron chi connectivity index (χ2n) is 6.37. The Balaban J connectivity index is 1.71. The summed E-state index contributed by atoms with van der Waals surface area (Å²) in [6.45, 7) is 2.27. The van der Waals surface area contributed by atoms with Gasteiger partial charge in [0.1, 0.15) is 22.9 Å². The molecule has 3 aromatic heterocycles. The number of furan rings is 2. The fraction of sp³-hybridized carbons (Fsp3) is 0.143. The third-order valence-electron chi connectivity index (χ3n) is 4.26. The average molecular weight is 442 g/mol. The predicted octanol–water partition coefficient (Wildman–Crippen LogP) is 4.89. The largest absolute Gasteiger partial charge is 0.467 e. The molecule has 0 fully saturated rings. The van der Waals surface area contributed by atoms with E-state index >= 15 is 0 Å². The van der Waals surface area contributed by atoms with E-state index in [4.69, 9.17) is 13.3 Å². The summed E-state index contributed by atoms with van der Waals surface area (Å²) in [5.41, 5.74) is 0.0703. The Hall–Kier alpha value is -3.06. The van der Waals surface area contributed by atoms with E-state index in [1.807, 2.05) is 19.1 Å². The lowest BCUT2D eigenvalue weighted by Crippen LogP contribution is -2.30. The molecule has 0 aliphatic carbocycles. The molecule has 0 bridgehead atoms. The van der Waals surface area contributed by atoms with Crippen molar-refractivity contribution in [2.45, 2.75) is 20.0 Å².